The second-order valence-electron chi connectivity index (χ2n) is 4.82. The minimum atomic E-state index is -0.327. The Kier molecular flexibility index (Phi) is 3.49. The van der Waals surface area contributed by atoms with Crippen LogP contribution in [0.2, 0.25) is 0 Å². The summed E-state index contributed by atoms with van der Waals surface area (Å²) < 4.78 is 6.02. The summed E-state index contributed by atoms with van der Waals surface area (Å²) in [4.78, 5) is 0. The third kappa shape index (κ3) is 2.56. The summed E-state index contributed by atoms with van der Waals surface area (Å²) in [5.74, 6) is 0.885. The molecule has 1 aliphatic carbocycles. The van der Waals surface area contributed by atoms with Crippen molar-refractivity contribution in [2.75, 3.05) is 6.61 Å². The van der Waals surface area contributed by atoms with Crippen LogP contribution in [-0.2, 0) is 0 Å². The molecule has 2 rings (SSSR count). The summed E-state index contributed by atoms with van der Waals surface area (Å²) in [6.07, 6.45) is 5.52. The minimum absolute atomic E-state index is 0.126. The quantitative estimate of drug-likeness (QED) is 0.848. The fourth-order valence-electron chi connectivity index (χ4n) is 2.42. The molecule has 1 saturated carbocycles. The highest BCUT2D eigenvalue weighted by Crippen LogP contribution is 2.32. The molecule has 1 N–H and O–H groups in total. The van der Waals surface area contributed by atoms with E-state index in [0.717, 1.165) is 31.4 Å². The second kappa shape index (κ2) is 4.88. The van der Waals surface area contributed by atoms with Crippen molar-refractivity contribution in [2.45, 2.75) is 44.6 Å². The average Bonchev–Trinajstić information content (AvgIpc) is 2.30. The van der Waals surface area contributed by atoms with Crippen LogP contribution in [0.3, 0.4) is 0 Å². The molecule has 16 heavy (non-hydrogen) atoms. The molecule has 0 aromatic heterocycles. The van der Waals surface area contributed by atoms with Crippen molar-refractivity contribution in [3.63, 3.8) is 0 Å². The highest BCUT2D eigenvalue weighted by atomic mass is 16.5. The Morgan fingerprint density at radius 3 is 2.62 bits per heavy atom. The third-order valence-corrected chi connectivity index (χ3v) is 3.38. The molecule has 2 heteroatoms. The van der Waals surface area contributed by atoms with Gasteiger partial charge in [0.2, 0.25) is 0 Å². The maximum Gasteiger partial charge on any atom is 0.132 e. The lowest BCUT2D eigenvalue weighted by molar-refractivity contribution is -0.0198. The molecule has 0 unspecified atom stereocenters. The van der Waals surface area contributed by atoms with Crippen LogP contribution >= 0.6 is 0 Å². The molecule has 88 valence electrons. The van der Waals surface area contributed by atoms with E-state index in [0.29, 0.717) is 0 Å². The first-order valence-electron chi connectivity index (χ1n) is 6.11. The van der Waals surface area contributed by atoms with E-state index in [1.807, 2.05) is 18.2 Å². The molecule has 1 aromatic carbocycles. The van der Waals surface area contributed by atoms with E-state index in [-0.39, 0.29) is 12.2 Å². The van der Waals surface area contributed by atoms with Gasteiger partial charge in [-0.1, -0.05) is 18.6 Å². The van der Waals surface area contributed by atoms with Gasteiger partial charge in [-0.15, -0.1) is 0 Å². The number of aliphatic hydroxyl groups excluding tert-OH is 1. The zero-order chi connectivity index (χ0) is 11.4. The van der Waals surface area contributed by atoms with Crippen LogP contribution in [0.4, 0.5) is 0 Å². The lowest BCUT2D eigenvalue weighted by Gasteiger charge is -2.36. The molecule has 0 heterocycles. The molecule has 0 saturated heterocycles. The Morgan fingerprint density at radius 1 is 1.25 bits per heavy atom. The smallest absolute Gasteiger partial charge is 0.132 e. The Morgan fingerprint density at radius 2 is 2.00 bits per heavy atom. The number of hydrogen-bond donors (Lipinski definition) is 1. The van der Waals surface area contributed by atoms with Gasteiger partial charge in [-0.05, 0) is 50.3 Å². The third-order valence-electron chi connectivity index (χ3n) is 3.38. The fourth-order valence-corrected chi connectivity index (χ4v) is 2.42. The number of hydrogen-bond acceptors (Lipinski definition) is 2. The zero-order valence-corrected chi connectivity index (χ0v) is 9.91. The van der Waals surface area contributed by atoms with E-state index < -0.39 is 0 Å². The van der Waals surface area contributed by atoms with Crippen LogP contribution in [0, 0.1) is 6.92 Å². The van der Waals surface area contributed by atoms with Crippen LogP contribution in [-0.4, -0.2) is 17.3 Å². The highest BCUT2D eigenvalue weighted by molar-refractivity contribution is 5.28. The van der Waals surface area contributed by atoms with Crippen LogP contribution in [0.5, 0.6) is 5.75 Å². The topological polar surface area (TPSA) is 29.5 Å². The Bertz CT molecular complexity index is 340. The predicted molar refractivity (Wildman–Crippen MR) is 64.7 cm³/mol. The Balaban J connectivity index is 2.11. The van der Waals surface area contributed by atoms with Crippen molar-refractivity contribution in [3.05, 3.63) is 29.8 Å². The first-order chi connectivity index (χ1) is 7.74. The standard InChI is InChI=1S/C14H20O2/c1-12-6-5-7-13(10-12)16-14(11-15)8-3-2-4-9-14/h5-7,10,15H,2-4,8-9,11H2,1H3. The van der Waals surface area contributed by atoms with E-state index in [1.54, 1.807) is 0 Å². The van der Waals surface area contributed by atoms with Gasteiger partial charge in [0.15, 0.2) is 0 Å². The van der Waals surface area contributed by atoms with Gasteiger partial charge in [-0.3, -0.25) is 0 Å². The number of aliphatic hydroxyl groups is 1. The van der Waals surface area contributed by atoms with E-state index in [1.165, 1.54) is 12.0 Å². The summed E-state index contributed by atoms with van der Waals surface area (Å²) in [5, 5.41) is 9.55. The first kappa shape index (κ1) is 11.5. The van der Waals surface area contributed by atoms with Gasteiger partial charge in [0.1, 0.15) is 11.4 Å². The van der Waals surface area contributed by atoms with E-state index in [9.17, 15) is 5.11 Å². The van der Waals surface area contributed by atoms with Crippen LogP contribution in [0.1, 0.15) is 37.7 Å². The zero-order valence-electron chi connectivity index (χ0n) is 9.91. The van der Waals surface area contributed by atoms with Gasteiger partial charge < -0.3 is 9.84 Å². The maximum absolute atomic E-state index is 9.55. The molecular formula is C14H20O2. The number of benzene rings is 1. The average molecular weight is 220 g/mol. The van der Waals surface area contributed by atoms with E-state index in [4.69, 9.17) is 4.74 Å². The molecular weight excluding hydrogens is 200 g/mol. The summed E-state index contributed by atoms with van der Waals surface area (Å²) >= 11 is 0. The molecule has 1 aliphatic rings. The van der Waals surface area contributed by atoms with Crippen molar-refractivity contribution < 1.29 is 9.84 Å². The van der Waals surface area contributed by atoms with Gasteiger partial charge >= 0.3 is 0 Å². The van der Waals surface area contributed by atoms with Crippen molar-refractivity contribution >= 4 is 0 Å². The lowest BCUT2D eigenvalue weighted by Crippen LogP contribution is -2.41. The summed E-state index contributed by atoms with van der Waals surface area (Å²) in [5.41, 5.74) is 0.868. The molecule has 0 bridgehead atoms. The second-order valence-corrected chi connectivity index (χ2v) is 4.82. The highest BCUT2D eigenvalue weighted by Gasteiger charge is 2.33. The molecule has 2 nitrogen and oxygen atoms in total. The Labute approximate surface area is 97.3 Å². The van der Waals surface area contributed by atoms with Crippen molar-refractivity contribution in [3.8, 4) is 5.75 Å². The lowest BCUT2D eigenvalue weighted by atomic mass is 9.85. The molecule has 1 aromatic rings. The van der Waals surface area contributed by atoms with Crippen LogP contribution in [0.25, 0.3) is 0 Å². The molecule has 0 amide bonds. The summed E-state index contributed by atoms with van der Waals surface area (Å²) in [6.45, 7) is 2.18. The molecule has 0 aliphatic heterocycles. The van der Waals surface area contributed by atoms with Crippen LogP contribution < -0.4 is 4.74 Å². The SMILES string of the molecule is Cc1cccc(OC2(CO)CCCCC2)c1. The summed E-state index contributed by atoms with van der Waals surface area (Å²) in [6, 6.07) is 8.06. The fraction of sp³-hybridized carbons (Fsp3) is 0.571. The number of ether oxygens (including phenoxy) is 1. The van der Waals surface area contributed by atoms with Gasteiger partial charge in [-0.2, -0.15) is 0 Å². The van der Waals surface area contributed by atoms with E-state index >= 15 is 0 Å². The molecule has 0 atom stereocenters. The number of rotatable bonds is 3. The minimum Gasteiger partial charge on any atom is -0.485 e. The first-order valence-corrected chi connectivity index (χ1v) is 6.11. The van der Waals surface area contributed by atoms with Gasteiger partial charge in [-0.25, -0.2) is 0 Å². The van der Waals surface area contributed by atoms with Crippen molar-refractivity contribution in [2.24, 2.45) is 0 Å². The van der Waals surface area contributed by atoms with Crippen molar-refractivity contribution in [1.82, 2.24) is 0 Å². The molecule has 0 radical (unpaired) electrons. The number of aryl methyl sites for hydroxylation is 1. The maximum atomic E-state index is 9.55. The normalized spacial score (nSPS) is 19.4. The van der Waals surface area contributed by atoms with Crippen LogP contribution in [0.15, 0.2) is 24.3 Å². The predicted octanol–water partition coefficient (Wildman–Crippen LogP) is 3.07. The van der Waals surface area contributed by atoms with Gasteiger partial charge in [0, 0.05) is 0 Å². The largest absolute Gasteiger partial charge is 0.485 e. The van der Waals surface area contributed by atoms with E-state index in [2.05, 4.69) is 13.0 Å². The molecule has 0 spiro atoms. The Hall–Kier alpha value is -1.02. The van der Waals surface area contributed by atoms with Crippen molar-refractivity contribution in [1.29, 1.82) is 0 Å². The van der Waals surface area contributed by atoms with Gasteiger partial charge in [0.05, 0.1) is 6.61 Å². The monoisotopic (exact) mass is 220 g/mol. The summed E-state index contributed by atoms with van der Waals surface area (Å²) in [7, 11) is 0. The van der Waals surface area contributed by atoms with Gasteiger partial charge in [0.25, 0.3) is 0 Å². The molecule has 1 fully saturated rings.